The molecular weight excluding hydrogens is 251 g/mol. The van der Waals surface area contributed by atoms with Crippen LogP contribution in [0.1, 0.15) is 51.6 Å². The molecule has 1 aromatic carbocycles. The number of piperidine rings is 1. The highest BCUT2D eigenvalue weighted by Crippen LogP contribution is 2.34. The zero-order valence-corrected chi connectivity index (χ0v) is 13.0. The largest absolute Gasteiger partial charge is 0.309 e. The minimum Gasteiger partial charge on any atom is -0.309 e. The van der Waals surface area contributed by atoms with E-state index >= 15 is 0 Å². The highest BCUT2D eigenvalue weighted by molar-refractivity contribution is 5.24. The van der Waals surface area contributed by atoms with E-state index in [2.05, 4.69) is 31.0 Å². The maximum absolute atomic E-state index is 14.2. The summed E-state index contributed by atoms with van der Waals surface area (Å²) in [5, 5.41) is 3.50. The second-order valence-electron chi connectivity index (χ2n) is 6.21. The lowest BCUT2D eigenvalue weighted by Gasteiger charge is -2.46. The molecule has 2 nitrogen and oxygen atoms in total. The molecule has 1 unspecified atom stereocenters. The van der Waals surface area contributed by atoms with Crippen molar-refractivity contribution in [2.24, 2.45) is 0 Å². The molecule has 0 saturated carbocycles. The number of halogens is 1. The van der Waals surface area contributed by atoms with Gasteiger partial charge in [0.1, 0.15) is 5.82 Å². The van der Waals surface area contributed by atoms with Gasteiger partial charge in [0.2, 0.25) is 0 Å². The Morgan fingerprint density at radius 1 is 1.20 bits per heavy atom. The van der Waals surface area contributed by atoms with E-state index in [0.29, 0.717) is 0 Å². The first kappa shape index (κ1) is 15.5. The Balaban J connectivity index is 2.29. The average molecular weight is 278 g/mol. The molecule has 0 radical (unpaired) electrons. The van der Waals surface area contributed by atoms with E-state index in [1.165, 1.54) is 19.3 Å². The van der Waals surface area contributed by atoms with E-state index in [9.17, 15) is 4.39 Å². The summed E-state index contributed by atoms with van der Waals surface area (Å²) in [6.07, 6.45) is 3.82. The lowest BCUT2D eigenvalue weighted by molar-refractivity contribution is 0.0601. The van der Waals surface area contributed by atoms with E-state index in [1.807, 2.05) is 12.1 Å². The Morgan fingerprint density at radius 2 is 1.85 bits per heavy atom. The fourth-order valence-electron chi connectivity index (χ4n) is 3.31. The maximum atomic E-state index is 14.2. The van der Waals surface area contributed by atoms with Crippen LogP contribution in [0.25, 0.3) is 0 Å². The van der Waals surface area contributed by atoms with E-state index in [4.69, 9.17) is 0 Å². The first-order valence-corrected chi connectivity index (χ1v) is 7.80. The van der Waals surface area contributed by atoms with E-state index in [0.717, 1.165) is 25.2 Å². The van der Waals surface area contributed by atoms with Gasteiger partial charge >= 0.3 is 0 Å². The molecule has 2 rings (SSSR count). The Morgan fingerprint density at radius 3 is 2.45 bits per heavy atom. The number of likely N-dealkylation sites (tertiary alicyclic amines) is 1. The summed E-state index contributed by atoms with van der Waals surface area (Å²) in [6, 6.07) is 7.18. The van der Waals surface area contributed by atoms with Crippen molar-refractivity contribution in [3.63, 3.8) is 0 Å². The summed E-state index contributed by atoms with van der Waals surface area (Å²) in [4.78, 5) is 2.51. The number of nitrogens with zero attached hydrogens (tertiary/aromatic N) is 1. The maximum Gasteiger partial charge on any atom is 0.128 e. The second kappa shape index (κ2) is 6.68. The molecule has 1 aromatic rings. The van der Waals surface area contributed by atoms with Gasteiger partial charge in [-0.2, -0.15) is 0 Å². The molecule has 0 spiro atoms. The van der Waals surface area contributed by atoms with E-state index in [-0.39, 0.29) is 17.4 Å². The third-order valence-corrected chi connectivity index (χ3v) is 4.50. The number of hydrogen-bond acceptors (Lipinski definition) is 2. The van der Waals surface area contributed by atoms with Gasteiger partial charge in [0, 0.05) is 11.1 Å². The van der Waals surface area contributed by atoms with Crippen molar-refractivity contribution in [2.45, 2.75) is 51.6 Å². The summed E-state index contributed by atoms with van der Waals surface area (Å²) in [6.45, 7) is 9.62. The Kier molecular flexibility index (Phi) is 5.17. The van der Waals surface area contributed by atoms with Crippen LogP contribution in [-0.2, 0) is 0 Å². The Labute approximate surface area is 122 Å². The molecule has 1 aliphatic rings. The van der Waals surface area contributed by atoms with Crippen LogP contribution < -0.4 is 5.32 Å². The van der Waals surface area contributed by atoms with Gasteiger partial charge in [-0.15, -0.1) is 0 Å². The van der Waals surface area contributed by atoms with Gasteiger partial charge in [0.25, 0.3) is 0 Å². The number of benzene rings is 1. The quantitative estimate of drug-likeness (QED) is 0.882. The summed E-state index contributed by atoms with van der Waals surface area (Å²) in [5.41, 5.74) is 0.698. The van der Waals surface area contributed by atoms with Crippen LogP contribution in [0.2, 0.25) is 0 Å². The average Bonchev–Trinajstić information content (AvgIpc) is 2.46. The minimum atomic E-state index is -0.108. The van der Waals surface area contributed by atoms with Crippen molar-refractivity contribution in [3.05, 3.63) is 35.6 Å². The molecule has 0 aliphatic carbocycles. The number of rotatable bonds is 5. The zero-order chi connectivity index (χ0) is 14.6. The lowest BCUT2D eigenvalue weighted by Crippen LogP contribution is -2.54. The molecule has 0 aromatic heterocycles. The third-order valence-electron chi connectivity index (χ3n) is 4.50. The smallest absolute Gasteiger partial charge is 0.128 e. The van der Waals surface area contributed by atoms with Crippen molar-refractivity contribution in [1.82, 2.24) is 10.2 Å². The van der Waals surface area contributed by atoms with Crippen molar-refractivity contribution < 1.29 is 4.39 Å². The number of likely N-dealkylation sites (N-methyl/N-ethyl adjacent to an activating group) is 1. The topological polar surface area (TPSA) is 15.3 Å². The van der Waals surface area contributed by atoms with Gasteiger partial charge in [-0.1, -0.05) is 31.5 Å². The molecule has 1 aliphatic heterocycles. The molecule has 20 heavy (non-hydrogen) atoms. The predicted molar refractivity (Wildman–Crippen MR) is 82.3 cm³/mol. The highest BCUT2D eigenvalue weighted by atomic mass is 19.1. The molecule has 3 heteroatoms. The van der Waals surface area contributed by atoms with E-state index in [1.54, 1.807) is 12.1 Å². The molecule has 1 fully saturated rings. The molecule has 0 amide bonds. The zero-order valence-electron chi connectivity index (χ0n) is 13.0. The molecule has 112 valence electrons. The van der Waals surface area contributed by atoms with Gasteiger partial charge in [0.05, 0.1) is 6.04 Å². The number of nitrogens with one attached hydrogen (secondary N) is 1. The van der Waals surface area contributed by atoms with Crippen molar-refractivity contribution in [1.29, 1.82) is 0 Å². The third kappa shape index (κ3) is 3.21. The van der Waals surface area contributed by atoms with Gasteiger partial charge in [0.15, 0.2) is 0 Å². The van der Waals surface area contributed by atoms with Crippen molar-refractivity contribution in [2.75, 3.05) is 19.6 Å². The molecule has 1 saturated heterocycles. The van der Waals surface area contributed by atoms with Crippen LogP contribution in [0.4, 0.5) is 4.39 Å². The summed E-state index contributed by atoms with van der Waals surface area (Å²) < 4.78 is 14.2. The fourth-order valence-corrected chi connectivity index (χ4v) is 3.31. The molecule has 0 bridgehead atoms. The molecular formula is C17H27FN2. The predicted octanol–water partition coefficient (Wildman–Crippen LogP) is 3.74. The van der Waals surface area contributed by atoms with Crippen molar-refractivity contribution >= 4 is 0 Å². The standard InChI is InChI=1S/C17H27FN2/c1-4-19-16(14-10-6-7-11-15(14)18)17(2,3)20-12-8-5-9-13-20/h6-7,10-11,16,19H,4-5,8-9,12-13H2,1-3H3. The van der Waals surface area contributed by atoms with Crippen LogP contribution >= 0.6 is 0 Å². The van der Waals surface area contributed by atoms with Gasteiger partial charge in [-0.25, -0.2) is 4.39 Å². The highest BCUT2D eigenvalue weighted by Gasteiger charge is 2.37. The number of hydrogen-bond donors (Lipinski definition) is 1. The summed E-state index contributed by atoms with van der Waals surface area (Å²) >= 11 is 0. The van der Waals surface area contributed by atoms with Crippen molar-refractivity contribution in [3.8, 4) is 0 Å². The first-order chi connectivity index (χ1) is 9.57. The SMILES string of the molecule is CCNC(c1ccccc1F)C(C)(C)N1CCCCC1. The van der Waals surface area contributed by atoms with Crippen LogP contribution in [-0.4, -0.2) is 30.1 Å². The monoisotopic (exact) mass is 278 g/mol. The van der Waals surface area contributed by atoms with Crippen LogP contribution in [0.15, 0.2) is 24.3 Å². The van der Waals surface area contributed by atoms with Gasteiger partial charge in [-0.05, 0) is 52.4 Å². The first-order valence-electron chi connectivity index (χ1n) is 7.80. The summed E-state index contributed by atoms with van der Waals surface area (Å²) in [5.74, 6) is -0.108. The van der Waals surface area contributed by atoms with E-state index < -0.39 is 0 Å². The lowest BCUT2D eigenvalue weighted by atomic mass is 9.85. The summed E-state index contributed by atoms with van der Waals surface area (Å²) in [7, 11) is 0. The molecule has 1 N–H and O–H groups in total. The normalized spacial score (nSPS) is 19.0. The van der Waals surface area contributed by atoms with Gasteiger partial charge in [-0.3, -0.25) is 4.90 Å². The fraction of sp³-hybridized carbons (Fsp3) is 0.647. The Hall–Kier alpha value is -0.930. The molecule has 1 heterocycles. The minimum absolute atomic E-state index is 0.0202. The van der Waals surface area contributed by atoms with Crippen LogP contribution in [0.5, 0.6) is 0 Å². The second-order valence-corrected chi connectivity index (χ2v) is 6.21. The van der Waals surface area contributed by atoms with Crippen LogP contribution in [0, 0.1) is 5.82 Å². The van der Waals surface area contributed by atoms with Gasteiger partial charge < -0.3 is 5.32 Å². The van der Waals surface area contributed by atoms with Crippen LogP contribution in [0.3, 0.4) is 0 Å². The molecule has 1 atom stereocenters. The Bertz CT molecular complexity index is 425.